The molecule has 0 atom stereocenters. The van der Waals surface area contributed by atoms with Crippen LogP contribution in [-0.2, 0) is 5.75 Å². The van der Waals surface area contributed by atoms with E-state index in [2.05, 4.69) is 9.97 Å². The fraction of sp³-hybridized carbons (Fsp3) is 0.0714. The van der Waals surface area contributed by atoms with Gasteiger partial charge in [0.2, 0.25) is 0 Å². The number of para-hydroxylation sites is 2. The van der Waals surface area contributed by atoms with E-state index in [0.717, 1.165) is 27.5 Å². The first-order chi connectivity index (χ1) is 9.22. The smallest absolute Gasteiger partial charge is 0.166 e. The number of nitrogens with one attached hydrogen (secondary N) is 1. The van der Waals surface area contributed by atoms with Gasteiger partial charge < -0.3 is 10.7 Å². The Balaban J connectivity index is 1.76. The average molecular weight is 290 g/mol. The van der Waals surface area contributed by atoms with Crippen LogP contribution in [0.4, 0.5) is 5.69 Å². The number of thioether (sulfide) groups is 1. The molecule has 1 heterocycles. The van der Waals surface area contributed by atoms with Crippen molar-refractivity contribution in [3.63, 3.8) is 0 Å². The number of imidazole rings is 1. The molecule has 3 aromatic rings. The summed E-state index contributed by atoms with van der Waals surface area (Å²) in [5.74, 6) is 0.807. The standard InChI is InChI=1S/C14H12ClN3S/c15-10-6-5-9(7-11(10)16)8-19-14-17-12-3-1-2-4-13(12)18-14/h1-7H,8,16H2,(H,17,18). The molecule has 0 fully saturated rings. The predicted octanol–water partition coefficient (Wildman–Crippen LogP) is 4.09. The first kappa shape index (κ1) is 12.4. The number of nitrogen functional groups attached to an aromatic ring is 1. The lowest BCUT2D eigenvalue weighted by molar-refractivity contribution is 1.08. The molecule has 0 aliphatic rings. The molecule has 5 heteroatoms. The van der Waals surface area contributed by atoms with Crippen molar-refractivity contribution in [2.24, 2.45) is 0 Å². The number of fused-ring (bicyclic) bond motifs is 1. The Labute approximate surface area is 120 Å². The summed E-state index contributed by atoms with van der Waals surface area (Å²) in [5.41, 5.74) is 9.58. The van der Waals surface area contributed by atoms with Crippen molar-refractivity contribution in [2.45, 2.75) is 10.9 Å². The molecule has 19 heavy (non-hydrogen) atoms. The molecule has 0 bridgehead atoms. The van der Waals surface area contributed by atoms with Crippen molar-refractivity contribution in [3.8, 4) is 0 Å². The summed E-state index contributed by atoms with van der Waals surface area (Å²) >= 11 is 7.55. The van der Waals surface area contributed by atoms with Crippen LogP contribution in [0.3, 0.4) is 0 Å². The largest absolute Gasteiger partial charge is 0.398 e. The van der Waals surface area contributed by atoms with Gasteiger partial charge in [-0.1, -0.05) is 41.6 Å². The van der Waals surface area contributed by atoms with E-state index in [1.807, 2.05) is 42.5 Å². The summed E-state index contributed by atoms with van der Waals surface area (Å²) in [7, 11) is 0. The maximum absolute atomic E-state index is 5.90. The van der Waals surface area contributed by atoms with Crippen molar-refractivity contribution >= 4 is 40.1 Å². The summed E-state index contributed by atoms with van der Waals surface area (Å²) in [4.78, 5) is 7.80. The highest BCUT2D eigenvalue weighted by atomic mass is 35.5. The Morgan fingerprint density at radius 2 is 2.05 bits per heavy atom. The second-order valence-corrected chi connectivity index (χ2v) is 5.57. The van der Waals surface area contributed by atoms with Gasteiger partial charge in [0.05, 0.1) is 21.7 Å². The normalized spacial score (nSPS) is 11.0. The van der Waals surface area contributed by atoms with Gasteiger partial charge in [0, 0.05) is 5.75 Å². The van der Waals surface area contributed by atoms with Crippen LogP contribution >= 0.6 is 23.4 Å². The van der Waals surface area contributed by atoms with E-state index in [0.29, 0.717) is 10.7 Å². The molecule has 3 N–H and O–H groups in total. The van der Waals surface area contributed by atoms with Crippen LogP contribution in [0.2, 0.25) is 5.02 Å². The zero-order valence-corrected chi connectivity index (χ0v) is 11.6. The molecule has 3 rings (SSSR count). The quantitative estimate of drug-likeness (QED) is 0.564. The highest BCUT2D eigenvalue weighted by Gasteiger charge is 2.04. The lowest BCUT2D eigenvalue weighted by Gasteiger charge is -2.02. The van der Waals surface area contributed by atoms with Crippen molar-refractivity contribution in [2.75, 3.05) is 5.73 Å². The van der Waals surface area contributed by atoms with Crippen LogP contribution in [0.5, 0.6) is 0 Å². The van der Waals surface area contributed by atoms with Crippen molar-refractivity contribution in [1.29, 1.82) is 0 Å². The van der Waals surface area contributed by atoms with Crippen LogP contribution in [0.25, 0.3) is 11.0 Å². The summed E-state index contributed by atoms with van der Waals surface area (Å²) in [6.45, 7) is 0. The minimum atomic E-state index is 0.595. The number of hydrogen-bond acceptors (Lipinski definition) is 3. The molecule has 0 aliphatic carbocycles. The molecule has 0 saturated carbocycles. The Morgan fingerprint density at radius 3 is 2.84 bits per heavy atom. The van der Waals surface area contributed by atoms with Crippen LogP contribution in [0.15, 0.2) is 47.6 Å². The van der Waals surface area contributed by atoms with Crippen molar-refractivity contribution in [1.82, 2.24) is 9.97 Å². The van der Waals surface area contributed by atoms with Crippen molar-refractivity contribution < 1.29 is 0 Å². The third-order valence-corrected chi connectivity index (χ3v) is 4.09. The number of rotatable bonds is 3. The van der Waals surface area contributed by atoms with E-state index in [-0.39, 0.29) is 0 Å². The van der Waals surface area contributed by atoms with E-state index < -0.39 is 0 Å². The first-order valence-electron chi connectivity index (χ1n) is 5.84. The Morgan fingerprint density at radius 1 is 1.21 bits per heavy atom. The SMILES string of the molecule is Nc1cc(CSc2nc3ccccc3[nH]2)ccc1Cl. The van der Waals surface area contributed by atoms with E-state index in [1.165, 1.54) is 0 Å². The number of halogens is 1. The number of anilines is 1. The number of nitrogens with zero attached hydrogens (tertiary/aromatic N) is 1. The molecule has 96 valence electrons. The number of nitrogens with two attached hydrogens (primary N) is 1. The molecule has 1 aromatic heterocycles. The van der Waals surface area contributed by atoms with Gasteiger partial charge in [-0.05, 0) is 29.8 Å². The molecule has 0 aliphatic heterocycles. The number of hydrogen-bond donors (Lipinski definition) is 2. The average Bonchev–Trinajstić information content (AvgIpc) is 2.83. The fourth-order valence-electron chi connectivity index (χ4n) is 1.83. The lowest BCUT2D eigenvalue weighted by atomic mass is 10.2. The third-order valence-electron chi connectivity index (χ3n) is 2.80. The van der Waals surface area contributed by atoms with Crippen molar-refractivity contribution in [3.05, 3.63) is 53.1 Å². The van der Waals surface area contributed by atoms with Gasteiger partial charge in [-0.25, -0.2) is 4.98 Å². The van der Waals surface area contributed by atoms with Gasteiger partial charge in [0.25, 0.3) is 0 Å². The summed E-state index contributed by atoms with van der Waals surface area (Å²) < 4.78 is 0. The van der Waals surface area contributed by atoms with Gasteiger partial charge in [0.1, 0.15) is 0 Å². The highest BCUT2D eigenvalue weighted by molar-refractivity contribution is 7.98. The number of H-pyrrole nitrogens is 1. The molecule has 2 aromatic carbocycles. The fourth-order valence-corrected chi connectivity index (χ4v) is 2.78. The molecular formula is C14H12ClN3S. The second-order valence-electron chi connectivity index (χ2n) is 4.20. The zero-order valence-electron chi connectivity index (χ0n) is 10.1. The minimum Gasteiger partial charge on any atom is -0.398 e. The number of benzene rings is 2. The molecule has 0 spiro atoms. The Kier molecular flexibility index (Phi) is 3.36. The minimum absolute atomic E-state index is 0.595. The Hall–Kier alpha value is -1.65. The molecule has 0 saturated heterocycles. The van der Waals surface area contributed by atoms with E-state index >= 15 is 0 Å². The van der Waals surface area contributed by atoms with E-state index in [4.69, 9.17) is 17.3 Å². The van der Waals surface area contributed by atoms with Gasteiger partial charge in [-0.3, -0.25) is 0 Å². The van der Waals surface area contributed by atoms with Crippen LogP contribution in [-0.4, -0.2) is 9.97 Å². The maximum Gasteiger partial charge on any atom is 0.166 e. The molecular weight excluding hydrogens is 278 g/mol. The first-order valence-corrected chi connectivity index (χ1v) is 7.20. The van der Waals surface area contributed by atoms with Crippen LogP contribution < -0.4 is 5.73 Å². The summed E-state index contributed by atoms with van der Waals surface area (Å²) in [6, 6.07) is 13.7. The monoisotopic (exact) mass is 289 g/mol. The van der Waals surface area contributed by atoms with Gasteiger partial charge in [0.15, 0.2) is 5.16 Å². The van der Waals surface area contributed by atoms with Crippen LogP contribution in [0.1, 0.15) is 5.56 Å². The predicted molar refractivity (Wildman–Crippen MR) is 81.5 cm³/mol. The summed E-state index contributed by atoms with van der Waals surface area (Å²) in [5, 5.41) is 1.51. The zero-order chi connectivity index (χ0) is 13.2. The van der Waals surface area contributed by atoms with Gasteiger partial charge >= 0.3 is 0 Å². The van der Waals surface area contributed by atoms with Gasteiger partial charge in [-0.15, -0.1) is 0 Å². The summed E-state index contributed by atoms with van der Waals surface area (Å²) in [6.07, 6.45) is 0. The van der Waals surface area contributed by atoms with E-state index in [9.17, 15) is 0 Å². The molecule has 0 radical (unpaired) electrons. The number of aromatic amines is 1. The van der Waals surface area contributed by atoms with E-state index in [1.54, 1.807) is 11.8 Å². The van der Waals surface area contributed by atoms with Crippen LogP contribution in [0, 0.1) is 0 Å². The molecule has 0 amide bonds. The molecule has 0 unspecified atom stereocenters. The lowest BCUT2D eigenvalue weighted by Crippen LogP contribution is -1.89. The molecule has 3 nitrogen and oxygen atoms in total. The number of aromatic nitrogens is 2. The second kappa shape index (κ2) is 5.15. The Bertz CT molecular complexity index is 691. The van der Waals surface area contributed by atoms with Gasteiger partial charge in [-0.2, -0.15) is 0 Å². The highest BCUT2D eigenvalue weighted by Crippen LogP contribution is 2.26. The maximum atomic E-state index is 5.90. The third kappa shape index (κ3) is 2.69. The topological polar surface area (TPSA) is 54.7 Å².